The van der Waals surface area contributed by atoms with E-state index in [1.165, 1.54) is 0 Å². The molecule has 0 saturated heterocycles. The monoisotopic (exact) mass is 291 g/mol. The van der Waals surface area contributed by atoms with Crippen molar-refractivity contribution in [2.75, 3.05) is 32.1 Å². The fourth-order valence-corrected chi connectivity index (χ4v) is 2.06. The number of rotatable bonds is 5. The molecule has 0 aromatic carbocycles. The lowest BCUT2D eigenvalue weighted by Gasteiger charge is -2.19. The molecule has 0 radical (unpaired) electrons. The van der Waals surface area contributed by atoms with Gasteiger partial charge in [-0.3, -0.25) is 0 Å². The first-order chi connectivity index (χ1) is 7.15. The van der Waals surface area contributed by atoms with Crippen LogP contribution >= 0.6 is 27.5 Å². The average molecular weight is 293 g/mol. The third-order valence-electron chi connectivity index (χ3n) is 2.07. The summed E-state index contributed by atoms with van der Waals surface area (Å²) in [6.45, 7) is 1.94. The van der Waals surface area contributed by atoms with Crippen molar-refractivity contribution in [2.24, 2.45) is 0 Å². The Kier molecular flexibility index (Phi) is 5.36. The van der Waals surface area contributed by atoms with Crippen LogP contribution in [0, 0.1) is 0 Å². The highest BCUT2D eigenvalue weighted by Gasteiger charge is 2.07. The van der Waals surface area contributed by atoms with E-state index in [-0.39, 0.29) is 0 Å². The van der Waals surface area contributed by atoms with Crippen molar-refractivity contribution in [1.82, 2.24) is 10.3 Å². The first-order valence-electron chi connectivity index (χ1n) is 4.82. The van der Waals surface area contributed by atoms with E-state index in [2.05, 4.69) is 31.1 Å². The zero-order valence-corrected chi connectivity index (χ0v) is 11.3. The van der Waals surface area contributed by atoms with Crippen molar-refractivity contribution >= 4 is 33.3 Å². The minimum atomic E-state index is 0.677. The van der Waals surface area contributed by atoms with E-state index >= 15 is 0 Å². The normalized spacial score (nSPS) is 10.4. The fourth-order valence-electron chi connectivity index (χ4n) is 1.29. The van der Waals surface area contributed by atoms with E-state index in [4.69, 9.17) is 11.6 Å². The van der Waals surface area contributed by atoms with Gasteiger partial charge in [-0.15, -0.1) is 0 Å². The molecule has 0 unspecified atom stereocenters. The van der Waals surface area contributed by atoms with Crippen LogP contribution in [0.2, 0.25) is 5.02 Å². The van der Waals surface area contributed by atoms with Gasteiger partial charge in [0, 0.05) is 24.3 Å². The van der Waals surface area contributed by atoms with Gasteiger partial charge in [0.25, 0.3) is 0 Å². The maximum Gasteiger partial charge on any atom is 0.147 e. The third kappa shape index (κ3) is 3.97. The van der Waals surface area contributed by atoms with Gasteiger partial charge in [-0.25, -0.2) is 4.98 Å². The molecule has 0 aliphatic carbocycles. The smallest absolute Gasteiger partial charge is 0.147 e. The lowest BCUT2D eigenvalue weighted by molar-refractivity contribution is 0.709. The van der Waals surface area contributed by atoms with E-state index in [0.717, 1.165) is 29.8 Å². The van der Waals surface area contributed by atoms with Crippen molar-refractivity contribution in [3.63, 3.8) is 0 Å². The molecule has 0 atom stereocenters. The molecule has 1 N–H and O–H groups in total. The van der Waals surface area contributed by atoms with Crippen LogP contribution in [-0.4, -0.2) is 32.2 Å². The molecule has 0 aliphatic rings. The van der Waals surface area contributed by atoms with Gasteiger partial charge in [0.1, 0.15) is 5.82 Å². The lowest BCUT2D eigenvalue weighted by atomic mass is 10.3. The maximum atomic E-state index is 6.09. The molecule has 3 nitrogen and oxygen atoms in total. The SMILES string of the molecule is CNCCCN(C)c1ncc(Br)cc1Cl. The number of nitrogens with zero attached hydrogens (tertiary/aromatic N) is 2. The molecule has 0 amide bonds. The van der Waals surface area contributed by atoms with Crippen LogP contribution in [0.25, 0.3) is 0 Å². The Morgan fingerprint density at radius 1 is 1.60 bits per heavy atom. The summed E-state index contributed by atoms with van der Waals surface area (Å²) >= 11 is 9.42. The Labute approximate surface area is 104 Å². The second-order valence-electron chi connectivity index (χ2n) is 3.34. The molecular weight excluding hydrogens is 277 g/mol. The second-order valence-corrected chi connectivity index (χ2v) is 4.66. The molecule has 0 saturated carbocycles. The molecule has 0 spiro atoms. The summed E-state index contributed by atoms with van der Waals surface area (Å²) < 4.78 is 0.903. The van der Waals surface area contributed by atoms with Crippen LogP contribution in [0.1, 0.15) is 6.42 Å². The fraction of sp³-hybridized carbons (Fsp3) is 0.500. The van der Waals surface area contributed by atoms with E-state index in [0.29, 0.717) is 5.02 Å². The summed E-state index contributed by atoms with van der Waals surface area (Å²) in [6.07, 6.45) is 2.83. The third-order valence-corrected chi connectivity index (χ3v) is 2.78. The molecule has 1 aromatic rings. The zero-order chi connectivity index (χ0) is 11.3. The molecule has 84 valence electrons. The predicted octanol–water partition coefficient (Wildman–Crippen LogP) is 2.54. The number of anilines is 1. The van der Waals surface area contributed by atoms with Gasteiger partial charge in [0.2, 0.25) is 0 Å². The lowest BCUT2D eigenvalue weighted by Crippen LogP contribution is -2.23. The Morgan fingerprint density at radius 2 is 2.33 bits per heavy atom. The van der Waals surface area contributed by atoms with E-state index < -0.39 is 0 Å². The number of pyridine rings is 1. The van der Waals surface area contributed by atoms with E-state index in [9.17, 15) is 0 Å². The van der Waals surface area contributed by atoms with Crippen molar-refractivity contribution in [2.45, 2.75) is 6.42 Å². The van der Waals surface area contributed by atoms with Gasteiger partial charge in [0.15, 0.2) is 0 Å². The van der Waals surface area contributed by atoms with Crippen LogP contribution in [0.4, 0.5) is 5.82 Å². The van der Waals surface area contributed by atoms with Gasteiger partial charge in [-0.05, 0) is 42.0 Å². The quantitative estimate of drug-likeness (QED) is 0.846. The molecule has 5 heteroatoms. The molecular formula is C10H15BrClN3. The predicted molar refractivity (Wildman–Crippen MR) is 68.8 cm³/mol. The van der Waals surface area contributed by atoms with Gasteiger partial charge in [-0.1, -0.05) is 11.6 Å². The molecule has 0 bridgehead atoms. The molecule has 0 fully saturated rings. The summed E-state index contributed by atoms with van der Waals surface area (Å²) in [5.74, 6) is 0.830. The van der Waals surface area contributed by atoms with E-state index in [1.54, 1.807) is 6.20 Å². The number of aromatic nitrogens is 1. The van der Waals surface area contributed by atoms with Crippen LogP contribution in [-0.2, 0) is 0 Å². The Morgan fingerprint density at radius 3 is 2.93 bits per heavy atom. The van der Waals surface area contributed by atoms with E-state index in [1.807, 2.05) is 20.2 Å². The Bertz CT molecular complexity index is 320. The van der Waals surface area contributed by atoms with Crippen LogP contribution < -0.4 is 10.2 Å². The zero-order valence-electron chi connectivity index (χ0n) is 8.93. The molecule has 1 aromatic heterocycles. The molecule has 1 heterocycles. The van der Waals surface area contributed by atoms with Crippen molar-refractivity contribution in [3.8, 4) is 0 Å². The Hall–Kier alpha value is -0.320. The Balaban J connectivity index is 2.61. The largest absolute Gasteiger partial charge is 0.358 e. The minimum absolute atomic E-state index is 0.677. The number of hydrogen-bond acceptors (Lipinski definition) is 3. The summed E-state index contributed by atoms with van der Waals surface area (Å²) in [6, 6.07) is 1.86. The first kappa shape index (κ1) is 12.7. The van der Waals surface area contributed by atoms with Crippen molar-refractivity contribution < 1.29 is 0 Å². The molecule has 15 heavy (non-hydrogen) atoms. The second kappa shape index (κ2) is 6.30. The van der Waals surface area contributed by atoms with Gasteiger partial charge < -0.3 is 10.2 Å². The highest BCUT2D eigenvalue weighted by Crippen LogP contribution is 2.25. The highest BCUT2D eigenvalue weighted by atomic mass is 79.9. The number of nitrogens with one attached hydrogen (secondary N) is 1. The van der Waals surface area contributed by atoms with Crippen LogP contribution in [0.15, 0.2) is 16.7 Å². The summed E-state index contributed by atoms with van der Waals surface area (Å²) in [7, 11) is 3.95. The highest BCUT2D eigenvalue weighted by molar-refractivity contribution is 9.10. The summed E-state index contributed by atoms with van der Waals surface area (Å²) in [5.41, 5.74) is 0. The maximum absolute atomic E-state index is 6.09. The minimum Gasteiger partial charge on any atom is -0.358 e. The summed E-state index contributed by atoms with van der Waals surface area (Å²) in [4.78, 5) is 6.34. The summed E-state index contributed by atoms with van der Waals surface area (Å²) in [5, 5.41) is 3.79. The number of hydrogen-bond donors (Lipinski definition) is 1. The van der Waals surface area contributed by atoms with Crippen molar-refractivity contribution in [3.05, 3.63) is 21.8 Å². The topological polar surface area (TPSA) is 28.2 Å². The van der Waals surface area contributed by atoms with Gasteiger partial charge in [0.05, 0.1) is 5.02 Å². The first-order valence-corrected chi connectivity index (χ1v) is 5.99. The van der Waals surface area contributed by atoms with Gasteiger partial charge in [-0.2, -0.15) is 0 Å². The van der Waals surface area contributed by atoms with Gasteiger partial charge >= 0.3 is 0 Å². The average Bonchev–Trinajstić information content (AvgIpc) is 2.17. The van der Waals surface area contributed by atoms with Crippen LogP contribution in [0.3, 0.4) is 0 Å². The van der Waals surface area contributed by atoms with Crippen LogP contribution in [0.5, 0.6) is 0 Å². The molecule has 1 rings (SSSR count). The molecule has 0 aliphatic heterocycles. The number of halogens is 2. The standard InChI is InChI=1S/C10H15BrClN3/c1-13-4-3-5-15(2)10-9(12)6-8(11)7-14-10/h6-7,13H,3-5H2,1-2H3. The van der Waals surface area contributed by atoms with Crippen molar-refractivity contribution in [1.29, 1.82) is 0 Å².